The third-order valence-electron chi connectivity index (χ3n) is 1.80. The molecule has 0 saturated carbocycles. The second kappa shape index (κ2) is 4.05. The molecule has 0 heterocycles. The number of Topliss-reactive ketones (excluding diaryl/α,β-unsaturated/α-hetero) is 1. The van der Waals surface area contributed by atoms with E-state index < -0.39 is 36.1 Å². The van der Waals surface area contributed by atoms with Gasteiger partial charge in [-0.2, -0.15) is 35.1 Å². The Morgan fingerprint density at radius 3 is 1.35 bits per heavy atom. The molecule has 0 aromatic heterocycles. The maximum atomic E-state index is 13.0. The zero-order valence-corrected chi connectivity index (χ0v) is 8.02. The van der Waals surface area contributed by atoms with Gasteiger partial charge >= 0.3 is 18.3 Å². The van der Waals surface area contributed by atoms with Crippen molar-refractivity contribution in [2.75, 3.05) is 0 Å². The highest BCUT2D eigenvalue weighted by molar-refractivity contribution is 5.77. The Morgan fingerprint density at radius 2 is 1.18 bits per heavy atom. The van der Waals surface area contributed by atoms with Crippen LogP contribution in [0.4, 0.5) is 39.5 Å². The van der Waals surface area contributed by atoms with Crippen molar-refractivity contribution in [1.29, 1.82) is 0 Å². The van der Waals surface area contributed by atoms with Gasteiger partial charge in [0.05, 0.1) is 6.42 Å². The van der Waals surface area contributed by atoms with Gasteiger partial charge in [-0.25, -0.2) is 4.39 Å². The van der Waals surface area contributed by atoms with E-state index in [-0.39, 0.29) is 6.92 Å². The average Bonchev–Trinajstić information content (AvgIpc) is 1.97. The highest BCUT2D eigenvalue weighted by Gasteiger charge is 2.81. The first-order valence-corrected chi connectivity index (χ1v) is 3.86. The molecular weight excluding hydrogens is 271 g/mol. The average molecular weight is 276 g/mol. The Morgan fingerprint density at radius 1 is 0.824 bits per heavy atom. The van der Waals surface area contributed by atoms with Crippen LogP contribution < -0.4 is 0 Å². The predicted molar refractivity (Wildman–Crippen MR) is 36.2 cm³/mol. The van der Waals surface area contributed by atoms with Crippen LogP contribution in [-0.2, 0) is 4.79 Å². The van der Waals surface area contributed by atoms with Gasteiger partial charge in [0, 0.05) is 0 Å². The quantitative estimate of drug-likeness (QED) is 0.722. The van der Waals surface area contributed by atoms with E-state index in [1.54, 1.807) is 0 Å². The maximum absolute atomic E-state index is 13.0. The standard InChI is InChI=1S/C7H5F9O/c1-3(17)2-4(8,6(11,12)13)5(9,10)7(14,15)16/h2H2,1H3. The third kappa shape index (κ3) is 2.65. The molecular formula is C7H5F9O. The lowest BCUT2D eigenvalue weighted by Gasteiger charge is -2.35. The van der Waals surface area contributed by atoms with Crippen LogP contribution in [0.5, 0.6) is 0 Å². The Hall–Kier alpha value is -0.960. The molecule has 0 amide bonds. The van der Waals surface area contributed by atoms with Gasteiger partial charge in [0.1, 0.15) is 5.78 Å². The zero-order valence-electron chi connectivity index (χ0n) is 8.02. The molecule has 0 aromatic rings. The normalized spacial score (nSPS) is 17.8. The molecule has 0 radical (unpaired) electrons. The summed E-state index contributed by atoms with van der Waals surface area (Å²) >= 11 is 0. The minimum Gasteiger partial charge on any atom is -0.300 e. The summed E-state index contributed by atoms with van der Waals surface area (Å²) in [6.45, 7) is 0.270. The Balaban J connectivity index is 5.73. The SMILES string of the molecule is CC(=O)CC(F)(C(F)(F)F)C(F)(F)C(F)(F)F. The minimum absolute atomic E-state index is 0.270. The van der Waals surface area contributed by atoms with Gasteiger partial charge in [0.2, 0.25) is 0 Å². The predicted octanol–water partition coefficient (Wildman–Crippen LogP) is 3.43. The third-order valence-corrected chi connectivity index (χ3v) is 1.80. The minimum atomic E-state index is -6.76. The van der Waals surface area contributed by atoms with Gasteiger partial charge in [-0.05, 0) is 6.92 Å². The lowest BCUT2D eigenvalue weighted by Crippen LogP contribution is -2.62. The molecule has 0 aliphatic rings. The molecule has 1 nitrogen and oxygen atoms in total. The van der Waals surface area contributed by atoms with Crippen LogP contribution in [0.3, 0.4) is 0 Å². The Bertz CT molecular complexity index is 301. The molecule has 0 rings (SSSR count). The van der Waals surface area contributed by atoms with Crippen molar-refractivity contribution in [2.45, 2.75) is 37.3 Å². The van der Waals surface area contributed by atoms with Gasteiger partial charge in [-0.3, -0.25) is 4.79 Å². The van der Waals surface area contributed by atoms with Gasteiger partial charge < -0.3 is 0 Å². The fraction of sp³-hybridized carbons (Fsp3) is 0.857. The largest absolute Gasteiger partial charge is 0.457 e. The van der Waals surface area contributed by atoms with E-state index in [0.717, 1.165) is 0 Å². The summed E-state index contributed by atoms with van der Waals surface area (Å²) in [6, 6.07) is 0. The summed E-state index contributed by atoms with van der Waals surface area (Å²) in [5.74, 6) is -8.49. The van der Waals surface area contributed by atoms with Crippen LogP contribution in [0, 0.1) is 0 Å². The number of ketones is 1. The number of halogens is 9. The topological polar surface area (TPSA) is 17.1 Å². The fourth-order valence-corrected chi connectivity index (χ4v) is 0.957. The molecule has 0 spiro atoms. The van der Waals surface area contributed by atoms with Crippen LogP contribution in [0.15, 0.2) is 0 Å². The van der Waals surface area contributed by atoms with Crippen molar-refractivity contribution >= 4 is 5.78 Å². The fourth-order valence-electron chi connectivity index (χ4n) is 0.957. The molecule has 1 atom stereocenters. The first-order valence-electron chi connectivity index (χ1n) is 3.86. The van der Waals surface area contributed by atoms with E-state index in [9.17, 15) is 44.3 Å². The first kappa shape index (κ1) is 16.0. The van der Waals surface area contributed by atoms with Crippen molar-refractivity contribution in [1.82, 2.24) is 0 Å². The Labute approximate surface area is 88.6 Å². The van der Waals surface area contributed by atoms with E-state index in [1.165, 1.54) is 0 Å². The molecule has 102 valence electrons. The number of rotatable bonds is 3. The number of alkyl halides is 9. The number of hydrogen-bond acceptors (Lipinski definition) is 1. The smallest absolute Gasteiger partial charge is 0.300 e. The molecule has 0 aliphatic heterocycles. The van der Waals surface area contributed by atoms with Crippen molar-refractivity contribution < 1.29 is 44.3 Å². The molecule has 0 aromatic carbocycles. The number of carbonyl (C=O) groups excluding carboxylic acids is 1. The van der Waals surface area contributed by atoms with Crippen molar-refractivity contribution in [3.8, 4) is 0 Å². The summed E-state index contributed by atoms with van der Waals surface area (Å²) in [4.78, 5) is 10.2. The van der Waals surface area contributed by atoms with Gasteiger partial charge in [-0.1, -0.05) is 0 Å². The molecule has 0 fully saturated rings. The monoisotopic (exact) mass is 276 g/mol. The summed E-state index contributed by atoms with van der Waals surface area (Å²) in [5.41, 5.74) is -5.97. The van der Waals surface area contributed by atoms with Crippen molar-refractivity contribution in [2.24, 2.45) is 0 Å². The number of carbonyl (C=O) groups is 1. The van der Waals surface area contributed by atoms with E-state index in [2.05, 4.69) is 0 Å². The lowest BCUT2D eigenvalue weighted by atomic mass is 9.90. The summed E-state index contributed by atoms with van der Waals surface area (Å²) in [5, 5.41) is 0. The van der Waals surface area contributed by atoms with E-state index in [0.29, 0.717) is 0 Å². The molecule has 0 saturated heterocycles. The van der Waals surface area contributed by atoms with Crippen LogP contribution in [0.2, 0.25) is 0 Å². The molecule has 17 heavy (non-hydrogen) atoms. The van der Waals surface area contributed by atoms with Gasteiger partial charge in [0.15, 0.2) is 0 Å². The van der Waals surface area contributed by atoms with Crippen LogP contribution in [0.25, 0.3) is 0 Å². The van der Waals surface area contributed by atoms with Crippen LogP contribution >= 0.6 is 0 Å². The van der Waals surface area contributed by atoms with E-state index in [4.69, 9.17) is 0 Å². The van der Waals surface area contributed by atoms with Crippen molar-refractivity contribution in [3.05, 3.63) is 0 Å². The first-order chi connectivity index (χ1) is 7.17. The van der Waals surface area contributed by atoms with E-state index >= 15 is 0 Å². The van der Waals surface area contributed by atoms with Crippen LogP contribution in [-0.4, -0.2) is 29.7 Å². The second-order valence-electron chi connectivity index (χ2n) is 3.25. The molecule has 0 N–H and O–H groups in total. The van der Waals surface area contributed by atoms with Gasteiger partial charge in [0.25, 0.3) is 5.67 Å². The summed E-state index contributed by atoms with van der Waals surface area (Å²) < 4.78 is 109. The lowest BCUT2D eigenvalue weighted by molar-refractivity contribution is -0.382. The van der Waals surface area contributed by atoms with Gasteiger partial charge in [-0.15, -0.1) is 0 Å². The highest BCUT2D eigenvalue weighted by atomic mass is 19.4. The Kier molecular flexibility index (Phi) is 3.83. The molecule has 10 heteroatoms. The second-order valence-corrected chi connectivity index (χ2v) is 3.25. The zero-order chi connectivity index (χ0) is 14.3. The van der Waals surface area contributed by atoms with E-state index in [1.807, 2.05) is 0 Å². The van der Waals surface area contributed by atoms with Crippen molar-refractivity contribution in [3.63, 3.8) is 0 Å². The molecule has 0 bridgehead atoms. The highest BCUT2D eigenvalue weighted by Crippen LogP contribution is 2.54. The molecule has 1 unspecified atom stereocenters. The maximum Gasteiger partial charge on any atom is 0.457 e. The van der Waals surface area contributed by atoms with Crippen LogP contribution in [0.1, 0.15) is 13.3 Å². The molecule has 0 aliphatic carbocycles. The number of hydrogen-bond donors (Lipinski definition) is 0. The summed E-state index contributed by atoms with van der Waals surface area (Å²) in [6.07, 6.45) is -15.9. The summed E-state index contributed by atoms with van der Waals surface area (Å²) in [7, 11) is 0.